The molecule has 2 aliphatic heterocycles. The fourth-order valence-corrected chi connectivity index (χ4v) is 4.39. The molecule has 2 saturated heterocycles. The molecule has 2 atom stereocenters. The summed E-state index contributed by atoms with van der Waals surface area (Å²) in [6, 6.07) is 0. The van der Waals surface area contributed by atoms with Crippen molar-refractivity contribution >= 4 is 11.3 Å². The average Bonchev–Trinajstić information content (AvgIpc) is 2.92. The molecular weight excluding hydrogens is 296 g/mol. The Morgan fingerprint density at radius 2 is 2.55 bits per heavy atom. The summed E-state index contributed by atoms with van der Waals surface area (Å²) >= 11 is 1.73. The van der Waals surface area contributed by atoms with E-state index in [0.717, 1.165) is 50.7 Å². The predicted molar refractivity (Wildman–Crippen MR) is 89.2 cm³/mol. The SMILES string of the molecule is C=CCOCC12CCCOC1CCN(Cc1csc(C)n1)C2. The number of hydrogen-bond donors (Lipinski definition) is 0. The van der Waals surface area contributed by atoms with Crippen molar-refractivity contribution < 1.29 is 9.47 Å². The number of nitrogens with zero attached hydrogens (tertiary/aromatic N) is 2. The minimum atomic E-state index is 0.143. The van der Waals surface area contributed by atoms with Crippen LogP contribution in [0.2, 0.25) is 0 Å². The van der Waals surface area contributed by atoms with Crippen molar-refractivity contribution in [2.24, 2.45) is 5.41 Å². The molecule has 0 saturated carbocycles. The van der Waals surface area contributed by atoms with Gasteiger partial charge in [0.15, 0.2) is 0 Å². The Hall–Kier alpha value is -0.750. The second-order valence-corrected chi connectivity index (χ2v) is 7.55. The number of aryl methyl sites for hydroxylation is 1. The Kier molecular flexibility index (Phi) is 5.29. The van der Waals surface area contributed by atoms with Crippen molar-refractivity contribution in [1.29, 1.82) is 0 Å². The van der Waals surface area contributed by atoms with Crippen molar-refractivity contribution in [3.05, 3.63) is 28.7 Å². The van der Waals surface area contributed by atoms with E-state index in [-0.39, 0.29) is 5.41 Å². The number of thiazole rings is 1. The number of aromatic nitrogens is 1. The largest absolute Gasteiger partial charge is 0.377 e. The third-order valence-electron chi connectivity index (χ3n) is 4.74. The van der Waals surface area contributed by atoms with Crippen LogP contribution >= 0.6 is 11.3 Å². The van der Waals surface area contributed by atoms with Crippen LogP contribution in [0.3, 0.4) is 0 Å². The highest BCUT2D eigenvalue weighted by Crippen LogP contribution is 2.40. The Morgan fingerprint density at radius 1 is 1.64 bits per heavy atom. The van der Waals surface area contributed by atoms with Crippen LogP contribution in [-0.4, -0.2) is 48.9 Å². The molecule has 3 heterocycles. The lowest BCUT2D eigenvalue weighted by molar-refractivity contribution is -0.152. The first kappa shape index (κ1) is 16.1. The van der Waals surface area contributed by atoms with Crippen LogP contribution in [0.15, 0.2) is 18.0 Å². The van der Waals surface area contributed by atoms with Crippen molar-refractivity contribution in [1.82, 2.24) is 9.88 Å². The molecule has 1 aromatic rings. The Bertz CT molecular complexity index is 505. The first-order valence-corrected chi connectivity index (χ1v) is 9.03. The fourth-order valence-electron chi connectivity index (χ4n) is 3.78. The van der Waals surface area contributed by atoms with Crippen LogP contribution in [0.4, 0.5) is 0 Å². The van der Waals surface area contributed by atoms with Gasteiger partial charge in [-0.2, -0.15) is 0 Å². The van der Waals surface area contributed by atoms with Crippen molar-refractivity contribution in [3.8, 4) is 0 Å². The zero-order valence-corrected chi connectivity index (χ0v) is 14.2. The van der Waals surface area contributed by atoms with E-state index < -0.39 is 0 Å². The van der Waals surface area contributed by atoms with E-state index in [2.05, 4.69) is 28.8 Å². The summed E-state index contributed by atoms with van der Waals surface area (Å²) in [5.74, 6) is 0. The van der Waals surface area contributed by atoms with Gasteiger partial charge in [-0.15, -0.1) is 17.9 Å². The van der Waals surface area contributed by atoms with Crippen molar-refractivity contribution in [3.63, 3.8) is 0 Å². The fraction of sp³-hybridized carbons (Fsp3) is 0.706. The van der Waals surface area contributed by atoms with Crippen LogP contribution in [-0.2, 0) is 16.0 Å². The molecule has 2 fully saturated rings. The maximum absolute atomic E-state index is 6.07. The van der Waals surface area contributed by atoms with Gasteiger partial charge in [-0.3, -0.25) is 4.90 Å². The molecule has 3 rings (SSSR count). The summed E-state index contributed by atoms with van der Waals surface area (Å²) in [7, 11) is 0. The second kappa shape index (κ2) is 7.21. The molecular formula is C17H26N2O2S. The zero-order valence-electron chi connectivity index (χ0n) is 13.4. The zero-order chi connectivity index (χ0) is 15.4. The van der Waals surface area contributed by atoms with E-state index in [9.17, 15) is 0 Å². The van der Waals surface area contributed by atoms with Crippen molar-refractivity contribution in [2.75, 3.05) is 32.9 Å². The molecule has 0 aromatic carbocycles. The van der Waals surface area contributed by atoms with Gasteiger partial charge in [-0.1, -0.05) is 6.08 Å². The molecule has 2 unspecified atom stereocenters. The van der Waals surface area contributed by atoms with Gasteiger partial charge in [0.1, 0.15) is 0 Å². The molecule has 5 heteroatoms. The van der Waals surface area contributed by atoms with Crippen LogP contribution in [0.25, 0.3) is 0 Å². The molecule has 0 radical (unpaired) electrons. The van der Waals surface area contributed by atoms with Crippen LogP contribution in [0.1, 0.15) is 30.0 Å². The van der Waals surface area contributed by atoms with E-state index in [1.54, 1.807) is 11.3 Å². The first-order chi connectivity index (χ1) is 10.7. The summed E-state index contributed by atoms with van der Waals surface area (Å²) in [4.78, 5) is 7.13. The highest BCUT2D eigenvalue weighted by Gasteiger charge is 2.46. The minimum Gasteiger partial charge on any atom is -0.377 e. The summed E-state index contributed by atoms with van der Waals surface area (Å²) in [6.45, 7) is 11.2. The molecule has 22 heavy (non-hydrogen) atoms. The van der Waals surface area contributed by atoms with Gasteiger partial charge in [0, 0.05) is 37.0 Å². The van der Waals surface area contributed by atoms with Crippen LogP contribution < -0.4 is 0 Å². The maximum Gasteiger partial charge on any atom is 0.0897 e. The Labute approximate surface area is 137 Å². The number of likely N-dealkylation sites (tertiary alicyclic amines) is 1. The van der Waals surface area contributed by atoms with Gasteiger partial charge >= 0.3 is 0 Å². The van der Waals surface area contributed by atoms with E-state index in [0.29, 0.717) is 12.7 Å². The smallest absolute Gasteiger partial charge is 0.0897 e. The Balaban J connectivity index is 1.66. The minimum absolute atomic E-state index is 0.143. The highest BCUT2D eigenvalue weighted by atomic mass is 32.1. The second-order valence-electron chi connectivity index (χ2n) is 6.49. The molecule has 2 aliphatic rings. The normalized spacial score (nSPS) is 29.2. The van der Waals surface area contributed by atoms with E-state index in [1.165, 1.54) is 12.1 Å². The number of rotatable bonds is 6. The maximum atomic E-state index is 6.07. The molecule has 0 spiro atoms. The molecule has 0 aliphatic carbocycles. The lowest BCUT2D eigenvalue weighted by Crippen LogP contribution is -2.56. The lowest BCUT2D eigenvalue weighted by Gasteiger charge is -2.50. The summed E-state index contributed by atoms with van der Waals surface area (Å²) in [6.07, 6.45) is 5.60. The van der Waals surface area contributed by atoms with Gasteiger partial charge in [0.2, 0.25) is 0 Å². The van der Waals surface area contributed by atoms with Crippen LogP contribution in [0.5, 0.6) is 0 Å². The van der Waals surface area contributed by atoms with Crippen molar-refractivity contribution in [2.45, 2.75) is 38.8 Å². The summed E-state index contributed by atoms with van der Waals surface area (Å²) in [5, 5.41) is 3.33. The Morgan fingerprint density at radius 3 is 3.32 bits per heavy atom. The van der Waals surface area contributed by atoms with E-state index >= 15 is 0 Å². The average molecular weight is 322 g/mol. The monoisotopic (exact) mass is 322 g/mol. The highest BCUT2D eigenvalue weighted by molar-refractivity contribution is 7.09. The third-order valence-corrected chi connectivity index (χ3v) is 5.57. The molecule has 4 nitrogen and oxygen atoms in total. The van der Waals surface area contributed by atoms with Gasteiger partial charge in [-0.25, -0.2) is 4.98 Å². The van der Waals surface area contributed by atoms with Gasteiger partial charge < -0.3 is 9.47 Å². The third kappa shape index (κ3) is 3.59. The van der Waals surface area contributed by atoms with Gasteiger partial charge in [0.25, 0.3) is 0 Å². The molecule has 0 bridgehead atoms. The first-order valence-electron chi connectivity index (χ1n) is 8.15. The van der Waals surface area contributed by atoms with E-state index in [1.807, 2.05) is 6.08 Å². The predicted octanol–water partition coefficient (Wildman–Crippen LogP) is 3.03. The summed E-state index contributed by atoms with van der Waals surface area (Å²) < 4.78 is 11.9. The number of piperidine rings is 1. The number of fused-ring (bicyclic) bond motifs is 1. The van der Waals surface area contributed by atoms with Gasteiger partial charge in [-0.05, 0) is 26.2 Å². The van der Waals surface area contributed by atoms with Crippen LogP contribution in [0, 0.1) is 12.3 Å². The molecule has 122 valence electrons. The lowest BCUT2D eigenvalue weighted by atomic mass is 9.73. The topological polar surface area (TPSA) is 34.6 Å². The molecule has 0 N–H and O–H groups in total. The number of hydrogen-bond acceptors (Lipinski definition) is 5. The molecule has 1 aromatic heterocycles. The molecule has 0 amide bonds. The van der Waals surface area contributed by atoms with Gasteiger partial charge in [0.05, 0.1) is 30.0 Å². The standard InChI is InChI=1S/C17H26N2O2S/c1-3-8-20-13-17-6-4-9-21-16(17)5-7-19(12-17)10-15-11-22-14(2)18-15/h3,11,16H,1,4-10,12-13H2,2H3. The summed E-state index contributed by atoms with van der Waals surface area (Å²) in [5.41, 5.74) is 1.34. The van der Waals surface area contributed by atoms with E-state index in [4.69, 9.17) is 9.47 Å². The quantitative estimate of drug-likeness (QED) is 0.596. The number of ether oxygens (including phenoxy) is 2.